The summed E-state index contributed by atoms with van der Waals surface area (Å²) in [6, 6.07) is 8.09. The van der Waals surface area contributed by atoms with E-state index in [0.29, 0.717) is 6.42 Å². The Hall–Kier alpha value is -1.96. The van der Waals surface area contributed by atoms with E-state index < -0.39 is 0 Å². The summed E-state index contributed by atoms with van der Waals surface area (Å²) in [5.74, 6) is 0.134. The zero-order valence-electron chi connectivity index (χ0n) is 11.0. The van der Waals surface area contributed by atoms with Crippen molar-refractivity contribution in [1.29, 1.82) is 0 Å². The molecule has 0 aliphatic carbocycles. The summed E-state index contributed by atoms with van der Waals surface area (Å²) < 4.78 is 0. The number of carbonyl (C=O) groups is 1. The molecular weight excluding hydrogens is 222 g/mol. The Morgan fingerprint density at radius 3 is 2.61 bits per heavy atom. The van der Waals surface area contributed by atoms with Crippen molar-refractivity contribution in [2.24, 2.45) is 0 Å². The minimum Gasteiger partial charge on any atom is -0.294 e. The van der Waals surface area contributed by atoms with E-state index in [2.05, 4.69) is 23.2 Å². The first kappa shape index (κ1) is 12.5. The summed E-state index contributed by atoms with van der Waals surface area (Å²) in [7, 11) is 0. The first-order chi connectivity index (χ1) is 8.58. The number of nitrogens with zero attached hydrogens (tertiary/aromatic N) is 1. The van der Waals surface area contributed by atoms with Crippen LogP contribution in [0.2, 0.25) is 0 Å². The Labute approximate surface area is 108 Å². The average molecular weight is 239 g/mol. The van der Waals surface area contributed by atoms with E-state index in [1.54, 1.807) is 12.4 Å². The number of carbonyl (C=O) groups excluding carboxylic acids is 1. The molecule has 0 atom stereocenters. The fraction of sp³-hybridized carbons (Fsp3) is 0.250. The van der Waals surface area contributed by atoms with Crippen molar-refractivity contribution in [3.05, 3.63) is 64.5 Å². The Kier molecular flexibility index (Phi) is 3.56. The van der Waals surface area contributed by atoms with Gasteiger partial charge in [0, 0.05) is 24.4 Å². The number of Topliss-reactive ketones (excluding diaryl/α,β-unsaturated/α-hetero) is 1. The Morgan fingerprint density at radius 1 is 1.11 bits per heavy atom. The molecule has 0 saturated heterocycles. The molecule has 0 fully saturated rings. The SMILES string of the molecule is Cc1ccc(C)c(CC(=O)c2cnccc2C)c1. The molecule has 2 aromatic rings. The van der Waals surface area contributed by atoms with Gasteiger partial charge in [0.15, 0.2) is 5.78 Å². The quantitative estimate of drug-likeness (QED) is 0.768. The van der Waals surface area contributed by atoms with Crippen LogP contribution >= 0.6 is 0 Å². The summed E-state index contributed by atoms with van der Waals surface area (Å²) in [6.07, 6.45) is 3.81. The predicted octanol–water partition coefficient (Wildman–Crippen LogP) is 3.43. The summed E-state index contributed by atoms with van der Waals surface area (Å²) in [5.41, 5.74) is 5.16. The molecule has 18 heavy (non-hydrogen) atoms. The first-order valence-electron chi connectivity index (χ1n) is 6.08. The maximum atomic E-state index is 12.3. The number of aromatic nitrogens is 1. The van der Waals surface area contributed by atoms with Crippen molar-refractivity contribution in [2.75, 3.05) is 0 Å². The number of ketones is 1. The summed E-state index contributed by atoms with van der Waals surface area (Å²) in [6.45, 7) is 6.03. The standard InChI is InChI=1S/C16H17NO/c1-11-4-5-12(2)14(8-11)9-16(18)15-10-17-7-6-13(15)3/h4-8,10H,9H2,1-3H3. The van der Waals surface area contributed by atoms with Gasteiger partial charge in [-0.1, -0.05) is 23.8 Å². The molecule has 2 nitrogen and oxygen atoms in total. The topological polar surface area (TPSA) is 30.0 Å². The highest BCUT2D eigenvalue weighted by atomic mass is 16.1. The summed E-state index contributed by atoms with van der Waals surface area (Å²) >= 11 is 0. The zero-order chi connectivity index (χ0) is 13.1. The molecular formula is C16H17NO. The third-order valence-corrected chi connectivity index (χ3v) is 3.20. The van der Waals surface area contributed by atoms with Crippen LogP contribution < -0.4 is 0 Å². The molecule has 2 heteroatoms. The van der Waals surface area contributed by atoms with Gasteiger partial charge in [0.2, 0.25) is 0 Å². The van der Waals surface area contributed by atoms with E-state index in [1.165, 1.54) is 5.56 Å². The number of rotatable bonds is 3. The monoisotopic (exact) mass is 239 g/mol. The molecule has 1 heterocycles. The normalized spacial score (nSPS) is 10.4. The Bertz CT molecular complexity index is 587. The third kappa shape index (κ3) is 2.65. The highest BCUT2D eigenvalue weighted by molar-refractivity contribution is 5.98. The number of hydrogen-bond acceptors (Lipinski definition) is 2. The van der Waals surface area contributed by atoms with E-state index >= 15 is 0 Å². The van der Waals surface area contributed by atoms with Crippen LogP contribution in [0.25, 0.3) is 0 Å². The van der Waals surface area contributed by atoms with Gasteiger partial charge in [0.05, 0.1) is 0 Å². The number of pyridine rings is 1. The molecule has 0 radical (unpaired) electrons. The molecule has 1 aromatic carbocycles. The average Bonchev–Trinajstić information content (AvgIpc) is 2.34. The zero-order valence-corrected chi connectivity index (χ0v) is 11.0. The molecule has 1 aromatic heterocycles. The molecule has 0 saturated carbocycles. The van der Waals surface area contributed by atoms with E-state index in [-0.39, 0.29) is 5.78 Å². The largest absolute Gasteiger partial charge is 0.294 e. The van der Waals surface area contributed by atoms with E-state index in [0.717, 1.165) is 22.3 Å². The lowest BCUT2D eigenvalue weighted by atomic mass is 9.97. The van der Waals surface area contributed by atoms with Crippen molar-refractivity contribution in [3.8, 4) is 0 Å². The number of aryl methyl sites for hydroxylation is 3. The lowest BCUT2D eigenvalue weighted by molar-refractivity contribution is 0.0992. The van der Waals surface area contributed by atoms with Crippen LogP contribution in [-0.2, 0) is 6.42 Å². The molecule has 0 aliphatic heterocycles. The minimum atomic E-state index is 0.134. The van der Waals surface area contributed by atoms with Crippen molar-refractivity contribution >= 4 is 5.78 Å². The third-order valence-electron chi connectivity index (χ3n) is 3.20. The van der Waals surface area contributed by atoms with Gasteiger partial charge in [-0.2, -0.15) is 0 Å². The second-order valence-electron chi connectivity index (χ2n) is 4.72. The molecule has 2 rings (SSSR count). The van der Waals surface area contributed by atoms with Gasteiger partial charge in [-0.05, 0) is 43.5 Å². The van der Waals surface area contributed by atoms with Crippen molar-refractivity contribution in [1.82, 2.24) is 4.98 Å². The van der Waals surface area contributed by atoms with Gasteiger partial charge in [-0.25, -0.2) is 0 Å². The lowest BCUT2D eigenvalue weighted by Crippen LogP contribution is -2.07. The smallest absolute Gasteiger partial charge is 0.169 e. The summed E-state index contributed by atoms with van der Waals surface area (Å²) in [5, 5.41) is 0. The van der Waals surface area contributed by atoms with Crippen molar-refractivity contribution in [2.45, 2.75) is 27.2 Å². The van der Waals surface area contributed by atoms with E-state index in [1.807, 2.05) is 26.8 Å². The maximum absolute atomic E-state index is 12.3. The highest BCUT2D eigenvalue weighted by Crippen LogP contribution is 2.15. The van der Waals surface area contributed by atoms with E-state index in [9.17, 15) is 4.79 Å². The number of hydrogen-bond donors (Lipinski definition) is 0. The van der Waals surface area contributed by atoms with Crippen molar-refractivity contribution in [3.63, 3.8) is 0 Å². The van der Waals surface area contributed by atoms with Gasteiger partial charge in [0.25, 0.3) is 0 Å². The van der Waals surface area contributed by atoms with Crippen LogP contribution in [0.4, 0.5) is 0 Å². The second kappa shape index (κ2) is 5.13. The van der Waals surface area contributed by atoms with Gasteiger partial charge >= 0.3 is 0 Å². The molecule has 0 aliphatic rings. The molecule has 0 N–H and O–H groups in total. The van der Waals surface area contributed by atoms with Gasteiger partial charge < -0.3 is 0 Å². The fourth-order valence-electron chi connectivity index (χ4n) is 2.01. The van der Waals surface area contributed by atoms with Crippen LogP contribution in [0.15, 0.2) is 36.7 Å². The van der Waals surface area contributed by atoms with Crippen LogP contribution in [0.5, 0.6) is 0 Å². The highest BCUT2D eigenvalue weighted by Gasteiger charge is 2.11. The van der Waals surface area contributed by atoms with Crippen LogP contribution in [0.1, 0.15) is 32.6 Å². The molecule has 0 bridgehead atoms. The van der Waals surface area contributed by atoms with Crippen molar-refractivity contribution < 1.29 is 4.79 Å². The Balaban J connectivity index is 2.27. The lowest BCUT2D eigenvalue weighted by Gasteiger charge is -2.08. The van der Waals surface area contributed by atoms with Crippen LogP contribution in [-0.4, -0.2) is 10.8 Å². The van der Waals surface area contributed by atoms with Gasteiger partial charge in [-0.3, -0.25) is 9.78 Å². The van der Waals surface area contributed by atoms with Crippen LogP contribution in [0, 0.1) is 20.8 Å². The molecule has 0 unspecified atom stereocenters. The molecule has 92 valence electrons. The predicted molar refractivity (Wildman–Crippen MR) is 72.9 cm³/mol. The number of benzene rings is 1. The maximum Gasteiger partial charge on any atom is 0.169 e. The Morgan fingerprint density at radius 2 is 1.89 bits per heavy atom. The second-order valence-corrected chi connectivity index (χ2v) is 4.72. The first-order valence-corrected chi connectivity index (χ1v) is 6.08. The van der Waals surface area contributed by atoms with E-state index in [4.69, 9.17) is 0 Å². The fourth-order valence-corrected chi connectivity index (χ4v) is 2.01. The van der Waals surface area contributed by atoms with Gasteiger partial charge in [-0.15, -0.1) is 0 Å². The molecule has 0 amide bonds. The van der Waals surface area contributed by atoms with Crippen LogP contribution in [0.3, 0.4) is 0 Å². The van der Waals surface area contributed by atoms with Gasteiger partial charge in [0.1, 0.15) is 0 Å². The molecule has 0 spiro atoms. The minimum absolute atomic E-state index is 0.134. The summed E-state index contributed by atoms with van der Waals surface area (Å²) in [4.78, 5) is 16.3.